The van der Waals surface area contributed by atoms with E-state index in [1.807, 2.05) is 11.0 Å². The lowest BCUT2D eigenvalue weighted by molar-refractivity contribution is -0.143. The lowest BCUT2D eigenvalue weighted by Gasteiger charge is -2.47. The molecule has 4 rings (SSSR count). The highest BCUT2D eigenvalue weighted by molar-refractivity contribution is 5.82. The molecule has 2 amide bonds. The molecule has 2 N–H and O–H groups in total. The summed E-state index contributed by atoms with van der Waals surface area (Å²) in [5.41, 5.74) is 0.466. The van der Waals surface area contributed by atoms with Gasteiger partial charge in [0, 0.05) is 49.5 Å². The highest BCUT2D eigenvalue weighted by Crippen LogP contribution is 2.39. The molecular formula is C29H40N2O6. The zero-order valence-corrected chi connectivity index (χ0v) is 21.9. The van der Waals surface area contributed by atoms with Crippen molar-refractivity contribution in [2.75, 3.05) is 26.2 Å². The van der Waals surface area contributed by atoms with E-state index in [1.165, 1.54) is 6.07 Å². The van der Waals surface area contributed by atoms with Gasteiger partial charge in [0.05, 0.1) is 5.60 Å². The maximum absolute atomic E-state index is 12.6. The maximum Gasteiger partial charge on any atom is 0.336 e. The Morgan fingerprint density at radius 2 is 2.05 bits per heavy atom. The molecule has 2 aliphatic rings. The Hall–Kier alpha value is -2.87. The highest BCUT2D eigenvalue weighted by Gasteiger charge is 2.43. The van der Waals surface area contributed by atoms with Crippen molar-refractivity contribution in [1.82, 2.24) is 10.2 Å². The molecule has 0 radical (unpaired) electrons. The molecule has 8 heteroatoms. The summed E-state index contributed by atoms with van der Waals surface area (Å²) >= 11 is 0. The molecule has 2 atom stereocenters. The molecule has 2 heterocycles. The summed E-state index contributed by atoms with van der Waals surface area (Å²) < 4.78 is 10.9. The van der Waals surface area contributed by atoms with Gasteiger partial charge in [-0.2, -0.15) is 0 Å². The van der Waals surface area contributed by atoms with E-state index in [0.29, 0.717) is 43.8 Å². The van der Waals surface area contributed by atoms with Crippen LogP contribution in [0.3, 0.4) is 0 Å². The van der Waals surface area contributed by atoms with Gasteiger partial charge in [-0.3, -0.25) is 9.59 Å². The van der Waals surface area contributed by atoms with Gasteiger partial charge < -0.3 is 24.5 Å². The predicted molar refractivity (Wildman–Crippen MR) is 142 cm³/mol. The average molecular weight is 513 g/mol. The van der Waals surface area contributed by atoms with E-state index in [4.69, 9.17) is 9.15 Å². The number of likely N-dealkylation sites (tertiary alicyclic amines) is 1. The Balaban J connectivity index is 1.11. The number of hydrogen-bond donors (Lipinski definition) is 2. The van der Waals surface area contributed by atoms with Crippen LogP contribution in [0.25, 0.3) is 11.0 Å². The number of hydrogen-bond acceptors (Lipinski definition) is 6. The van der Waals surface area contributed by atoms with Gasteiger partial charge in [-0.05, 0) is 56.2 Å². The van der Waals surface area contributed by atoms with Crippen LogP contribution in [0.4, 0.5) is 0 Å². The summed E-state index contributed by atoms with van der Waals surface area (Å²) in [6.45, 7) is 3.82. The van der Waals surface area contributed by atoms with Crippen LogP contribution in [0.15, 0.2) is 33.5 Å². The molecule has 202 valence electrons. The highest BCUT2D eigenvalue weighted by atomic mass is 16.5. The van der Waals surface area contributed by atoms with Crippen LogP contribution in [0.2, 0.25) is 0 Å². The average Bonchev–Trinajstić information content (AvgIpc) is 2.88. The Kier molecular flexibility index (Phi) is 9.24. The number of benzene rings is 1. The molecule has 37 heavy (non-hydrogen) atoms. The number of carbonyl (C=O) groups excluding carboxylic acids is 2. The van der Waals surface area contributed by atoms with Crippen LogP contribution in [-0.2, 0) is 16.0 Å². The molecule has 1 aromatic heterocycles. The van der Waals surface area contributed by atoms with Gasteiger partial charge in [-0.25, -0.2) is 4.79 Å². The van der Waals surface area contributed by atoms with Crippen LogP contribution in [0.1, 0.15) is 76.7 Å². The van der Waals surface area contributed by atoms with Crippen molar-refractivity contribution >= 4 is 22.8 Å². The summed E-state index contributed by atoms with van der Waals surface area (Å²) in [6.07, 6.45) is 9.50. The van der Waals surface area contributed by atoms with Crippen molar-refractivity contribution in [3.8, 4) is 5.75 Å². The van der Waals surface area contributed by atoms with Gasteiger partial charge in [-0.15, -0.1) is 0 Å². The third-order valence-corrected chi connectivity index (χ3v) is 7.86. The molecule has 0 spiro atoms. The van der Waals surface area contributed by atoms with Crippen molar-refractivity contribution in [2.24, 2.45) is 5.92 Å². The third kappa shape index (κ3) is 7.12. The third-order valence-electron chi connectivity index (χ3n) is 7.86. The van der Waals surface area contributed by atoms with E-state index in [1.54, 1.807) is 12.1 Å². The number of nitrogens with zero attached hydrogens (tertiary/aromatic N) is 1. The minimum atomic E-state index is -0.556. The van der Waals surface area contributed by atoms with Gasteiger partial charge in [-0.1, -0.05) is 32.6 Å². The second-order valence-corrected chi connectivity index (χ2v) is 10.6. The SMILES string of the molecule is CCCc1cc(=O)oc2cc(OCC(=O)NCCCCCC(=O)N3CC[C@]4(O)CCCC[C@H]4C3)ccc12. The zero-order chi connectivity index (χ0) is 26.3. The Morgan fingerprint density at radius 3 is 2.89 bits per heavy atom. The number of ether oxygens (including phenoxy) is 1. The smallest absolute Gasteiger partial charge is 0.336 e. The number of aliphatic hydroxyl groups is 1. The number of unbranched alkanes of at least 4 members (excludes halogenated alkanes) is 2. The Labute approximate surface area is 218 Å². The Morgan fingerprint density at radius 1 is 1.19 bits per heavy atom. The molecule has 1 aromatic carbocycles. The van der Waals surface area contributed by atoms with E-state index in [0.717, 1.165) is 68.7 Å². The molecule has 2 aromatic rings. The van der Waals surface area contributed by atoms with Gasteiger partial charge in [0.2, 0.25) is 5.91 Å². The first-order valence-electron chi connectivity index (χ1n) is 13.8. The fourth-order valence-electron chi connectivity index (χ4n) is 5.74. The van der Waals surface area contributed by atoms with Crippen molar-refractivity contribution in [3.63, 3.8) is 0 Å². The normalized spacial score (nSPS) is 21.5. The molecule has 1 aliphatic carbocycles. The Bertz CT molecular complexity index is 1140. The molecule has 1 saturated heterocycles. The first-order valence-corrected chi connectivity index (χ1v) is 13.8. The minimum absolute atomic E-state index is 0.120. The largest absolute Gasteiger partial charge is 0.484 e. The van der Waals surface area contributed by atoms with E-state index in [-0.39, 0.29) is 30.0 Å². The maximum atomic E-state index is 12.6. The van der Waals surface area contributed by atoms with Crippen LogP contribution < -0.4 is 15.7 Å². The lowest BCUT2D eigenvalue weighted by Crippen LogP contribution is -2.54. The number of carbonyl (C=O) groups is 2. The van der Waals surface area contributed by atoms with E-state index in [2.05, 4.69) is 12.2 Å². The first kappa shape index (κ1) is 27.2. The van der Waals surface area contributed by atoms with E-state index >= 15 is 0 Å². The summed E-state index contributed by atoms with van der Waals surface area (Å²) in [5, 5.41) is 14.5. The summed E-state index contributed by atoms with van der Waals surface area (Å²) in [5.74, 6) is 0.661. The minimum Gasteiger partial charge on any atom is -0.484 e. The van der Waals surface area contributed by atoms with Gasteiger partial charge in [0.25, 0.3) is 5.91 Å². The fraction of sp³-hybridized carbons (Fsp3) is 0.621. The van der Waals surface area contributed by atoms with E-state index < -0.39 is 5.60 Å². The first-order chi connectivity index (χ1) is 17.9. The number of fused-ring (bicyclic) bond motifs is 2. The van der Waals surface area contributed by atoms with Crippen molar-refractivity contribution in [2.45, 2.75) is 83.2 Å². The monoisotopic (exact) mass is 512 g/mol. The van der Waals surface area contributed by atoms with Gasteiger partial charge >= 0.3 is 5.63 Å². The molecule has 1 saturated carbocycles. The van der Waals surface area contributed by atoms with Crippen LogP contribution in [-0.4, -0.2) is 53.7 Å². The number of nitrogens with one attached hydrogen (secondary N) is 1. The molecule has 0 unspecified atom stereocenters. The van der Waals surface area contributed by atoms with Crippen molar-refractivity contribution in [3.05, 3.63) is 40.2 Å². The van der Waals surface area contributed by atoms with Crippen molar-refractivity contribution in [1.29, 1.82) is 0 Å². The molecule has 1 aliphatic heterocycles. The van der Waals surface area contributed by atoms with Gasteiger partial charge in [0.1, 0.15) is 11.3 Å². The molecule has 2 fully saturated rings. The predicted octanol–water partition coefficient (Wildman–Crippen LogP) is 3.95. The topological polar surface area (TPSA) is 109 Å². The lowest BCUT2D eigenvalue weighted by atomic mass is 9.71. The quantitative estimate of drug-likeness (QED) is 0.349. The van der Waals surface area contributed by atoms with Crippen molar-refractivity contribution < 1.29 is 23.8 Å². The molecular weight excluding hydrogens is 472 g/mol. The zero-order valence-electron chi connectivity index (χ0n) is 21.9. The standard InChI is InChI=1S/C29H40N2O6/c1-2-8-21-17-28(34)37-25-18-23(11-12-24(21)25)36-20-26(32)30-15-7-3-4-10-27(33)31-16-14-29(35)13-6-5-9-22(29)19-31/h11-12,17-18,22,35H,2-10,13-16,19-20H2,1H3,(H,30,32)/t22-,29+/m0/s1. The van der Waals surface area contributed by atoms with Crippen LogP contribution in [0, 0.1) is 5.92 Å². The van der Waals surface area contributed by atoms with Crippen LogP contribution >= 0.6 is 0 Å². The number of rotatable bonds is 11. The summed E-state index contributed by atoms with van der Waals surface area (Å²) in [6, 6.07) is 6.82. The molecule has 0 bridgehead atoms. The number of piperidine rings is 1. The van der Waals surface area contributed by atoms with E-state index in [9.17, 15) is 19.5 Å². The molecule has 8 nitrogen and oxygen atoms in total. The second-order valence-electron chi connectivity index (χ2n) is 10.6. The summed E-state index contributed by atoms with van der Waals surface area (Å²) in [4.78, 5) is 38.6. The van der Waals surface area contributed by atoms with Gasteiger partial charge in [0.15, 0.2) is 6.61 Å². The second kappa shape index (κ2) is 12.6. The number of aryl methyl sites for hydroxylation is 1. The fourth-order valence-corrected chi connectivity index (χ4v) is 5.74. The van der Waals surface area contributed by atoms with Crippen LogP contribution in [0.5, 0.6) is 5.75 Å². The summed E-state index contributed by atoms with van der Waals surface area (Å²) in [7, 11) is 0. The number of amides is 2.